The Morgan fingerprint density at radius 2 is 1.42 bits per heavy atom. The van der Waals surface area contributed by atoms with E-state index in [9.17, 15) is 38.7 Å². The van der Waals surface area contributed by atoms with Gasteiger partial charge in [-0.15, -0.1) is 15.0 Å². The fourth-order valence-electron chi connectivity index (χ4n) is 3.81. The molecule has 0 aliphatic rings. The van der Waals surface area contributed by atoms with Crippen molar-refractivity contribution in [2.24, 2.45) is 0 Å². The first-order valence-corrected chi connectivity index (χ1v) is 14.8. The summed E-state index contributed by atoms with van der Waals surface area (Å²) in [5.41, 5.74) is 1.37. The first kappa shape index (κ1) is 33.4. The van der Waals surface area contributed by atoms with Crippen molar-refractivity contribution in [3.05, 3.63) is 102 Å². The predicted octanol–water partition coefficient (Wildman–Crippen LogP) is 0.179. The van der Waals surface area contributed by atoms with Gasteiger partial charge in [0.1, 0.15) is 42.5 Å². The van der Waals surface area contributed by atoms with Crippen molar-refractivity contribution in [3.8, 4) is 11.5 Å². The van der Waals surface area contributed by atoms with Crippen LogP contribution in [0.5, 0.6) is 11.5 Å². The van der Waals surface area contributed by atoms with E-state index >= 15 is 0 Å². The second kappa shape index (κ2) is 15.5. The van der Waals surface area contributed by atoms with Crippen molar-refractivity contribution in [1.29, 1.82) is 0 Å². The molecular formula is C28H31N5O11S. The number of amides is 1. The lowest BCUT2D eigenvalue weighted by Gasteiger charge is -2.28. The Morgan fingerprint density at radius 3 is 2.09 bits per heavy atom. The Hall–Kier alpha value is -4.49. The van der Waals surface area contributed by atoms with Gasteiger partial charge in [0, 0.05) is 6.42 Å². The number of rotatable bonds is 15. The molecule has 0 fully saturated rings. The van der Waals surface area contributed by atoms with E-state index in [2.05, 4.69) is 19.6 Å². The summed E-state index contributed by atoms with van der Waals surface area (Å²) in [6, 6.07) is 24.7. The van der Waals surface area contributed by atoms with Gasteiger partial charge < -0.3 is 35.0 Å². The molecule has 0 aliphatic heterocycles. The number of aliphatic hydroxyl groups is 5. The van der Waals surface area contributed by atoms with Gasteiger partial charge in [0.15, 0.2) is 12.1 Å². The monoisotopic (exact) mass is 645 g/mol. The molecule has 1 amide bonds. The molecule has 6 N–H and O–H groups in total. The number of carbonyl (C=O) groups is 1. The van der Waals surface area contributed by atoms with Crippen molar-refractivity contribution >= 4 is 16.4 Å². The van der Waals surface area contributed by atoms with E-state index in [1.54, 1.807) is 54.6 Å². The van der Waals surface area contributed by atoms with Gasteiger partial charge in [-0.05, 0) is 40.6 Å². The van der Waals surface area contributed by atoms with Crippen molar-refractivity contribution in [2.45, 2.75) is 43.7 Å². The first-order chi connectivity index (χ1) is 21.5. The van der Waals surface area contributed by atoms with Crippen LogP contribution in [-0.4, -0.2) is 91.3 Å². The van der Waals surface area contributed by atoms with Crippen LogP contribution >= 0.6 is 0 Å². The van der Waals surface area contributed by atoms with Gasteiger partial charge in [-0.2, -0.15) is 13.1 Å². The number of nitrogens with one attached hydrogen (secondary N) is 1. The van der Waals surface area contributed by atoms with Gasteiger partial charge in [-0.3, -0.25) is 4.18 Å². The Kier molecular flexibility index (Phi) is 11.5. The van der Waals surface area contributed by atoms with E-state index in [-0.39, 0.29) is 18.9 Å². The van der Waals surface area contributed by atoms with Crippen molar-refractivity contribution in [3.63, 3.8) is 0 Å². The predicted molar refractivity (Wildman–Crippen MR) is 153 cm³/mol. The van der Waals surface area contributed by atoms with Gasteiger partial charge in [0.2, 0.25) is 0 Å². The van der Waals surface area contributed by atoms with Crippen LogP contribution in [0.2, 0.25) is 0 Å². The summed E-state index contributed by atoms with van der Waals surface area (Å²) in [5, 5.41) is 62.9. The summed E-state index contributed by atoms with van der Waals surface area (Å²) in [5.74, 6) is 1.44. The van der Waals surface area contributed by atoms with Crippen LogP contribution in [0, 0.1) is 0 Å². The van der Waals surface area contributed by atoms with Crippen molar-refractivity contribution in [1.82, 2.24) is 24.9 Å². The lowest BCUT2D eigenvalue weighted by atomic mass is 10.0. The summed E-state index contributed by atoms with van der Waals surface area (Å²) in [7, 11) is -4.79. The summed E-state index contributed by atoms with van der Waals surface area (Å²) in [6.07, 6.45) is -11.9. The van der Waals surface area contributed by atoms with Crippen LogP contribution < -0.4 is 9.46 Å². The number of aromatic nitrogens is 4. The number of tetrazole rings is 1. The van der Waals surface area contributed by atoms with E-state index in [0.717, 1.165) is 5.56 Å². The lowest BCUT2D eigenvalue weighted by molar-refractivity contribution is -0.158. The molecule has 0 bridgehead atoms. The molecule has 45 heavy (non-hydrogen) atoms. The number of nitrogens with zero attached hydrogens (tertiary/aromatic N) is 4. The minimum atomic E-state index is -4.79. The molecule has 1 aromatic heterocycles. The highest BCUT2D eigenvalue weighted by Gasteiger charge is 2.37. The van der Waals surface area contributed by atoms with Crippen LogP contribution in [-0.2, 0) is 32.3 Å². The highest BCUT2D eigenvalue weighted by atomic mass is 32.2. The lowest BCUT2D eigenvalue weighted by Crippen LogP contribution is -2.49. The van der Waals surface area contributed by atoms with E-state index in [0.29, 0.717) is 21.9 Å². The number of hydrogen-bond donors (Lipinski definition) is 6. The summed E-state index contributed by atoms with van der Waals surface area (Å²) in [6.45, 7) is -1.36. The zero-order chi connectivity index (χ0) is 32.4. The smallest absolute Gasteiger partial charge is 0.423 e. The van der Waals surface area contributed by atoms with Crippen LogP contribution in [0.15, 0.2) is 84.9 Å². The Labute approximate surface area is 257 Å². The number of ether oxygens (including phenoxy) is 2. The molecule has 0 spiro atoms. The van der Waals surface area contributed by atoms with E-state index < -0.39 is 53.6 Å². The molecule has 240 valence electrons. The summed E-state index contributed by atoms with van der Waals surface area (Å²) < 4.78 is 40.4. The SMILES string of the molecule is O=C(NS(=O)(=O)OC[C@@H](O)[C@@H](O)[C@@H](O)[C@@H](O)C(O)n1nnc(Cc2ccc(Oc3ccccc3)cc2)n1)OCc1ccccc1. The molecular weight excluding hydrogens is 614 g/mol. The molecule has 0 saturated heterocycles. The largest absolute Gasteiger partial charge is 0.457 e. The van der Waals surface area contributed by atoms with Gasteiger partial charge in [0.25, 0.3) is 0 Å². The average molecular weight is 646 g/mol. The van der Waals surface area contributed by atoms with Gasteiger partial charge >= 0.3 is 16.4 Å². The average Bonchev–Trinajstić information content (AvgIpc) is 3.51. The highest BCUT2D eigenvalue weighted by molar-refractivity contribution is 7.85. The molecule has 5 atom stereocenters. The number of hydrogen-bond acceptors (Lipinski definition) is 14. The molecule has 3 aromatic carbocycles. The van der Waals surface area contributed by atoms with Crippen molar-refractivity contribution < 1.29 is 52.4 Å². The molecule has 0 radical (unpaired) electrons. The van der Waals surface area contributed by atoms with Gasteiger partial charge in [-0.1, -0.05) is 60.7 Å². The molecule has 17 heteroatoms. The van der Waals surface area contributed by atoms with E-state index in [4.69, 9.17) is 9.47 Å². The zero-order valence-corrected chi connectivity index (χ0v) is 24.3. The topological polar surface area (TPSA) is 236 Å². The molecule has 4 rings (SSSR count). The second-order valence-corrected chi connectivity index (χ2v) is 11.0. The van der Waals surface area contributed by atoms with Crippen molar-refractivity contribution in [2.75, 3.05) is 6.61 Å². The first-order valence-electron chi connectivity index (χ1n) is 13.4. The number of para-hydroxylation sites is 1. The van der Waals surface area contributed by atoms with Gasteiger partial charge in [0.05, 0.1) is 6.61 Å². The standard InChI is InChI=1S/C28H31N5O11S/c34-22(17-43-45(40,41)31-28(39)42-16-19-7-3-1-4-8-19)24(35)25(36)26(37)27(38)33-30-23(29-32-33)15-18-11-13-21(14-12-18)44-20-9-5-2-6-10-20/h1-14,22,24-27,34-38H,15-17H2,(H,31,39)/t22-,24-,25-,26-,27?/m1/s1. The fraction of sp³-hybridized carbons (Fsp3) is 0.286. The van der Waals surface area contributed by atoms with Crippen LogP contribution in [0.25, 0.3) is 0 Å². The van der Waals surface area contributed by atoms with Gasteiger partial charge in [-0.25, -0.2) is 4.79 Å². The maximum absolute atomic E-state index is 12.0. The van der Waals surface area contributed by atoms with Crippen LogP contribution in [0.4, 0.5) is 4.79 Å². The quantitative estimate of drug-likeness (QED) is 0.101. The summed E-state index contributed by atoms with van der Waals surface area (Å²) >= 11 is 0. The molecule has 16 nitrogen and oxygen atoms in total. The normalized spacial score (nSPS) is 15.0. The summed E-state index contributed by atoms with van der Waals surface area (Å²) in [4.78, 5) is 12.4. The van der Waals surface area contributed by atoms with Crippen LogP contribution in [0.3, 0.4) is 0 Å². The number of aliphatic hydroxyl groups excluding tert-OH is 5. The minimum absolute atomic E-state index is 0.154. The number of carbonyl (C=O) groups excluding carboxylic acids is 1. The molecule has 0 saturated carbocycles. The zero-order valence-electron chi connectivity index (χ0n) is 23.5. The minimum Gasteiger partial charge on any atom is -0.457 e. The third-order valence-corrected chi connectivity index (χ3v) is 7.05. The Bertz CT molecular complexity index is 1610. The highest BCUT2D eigenvalue weighted by Crippen LogP contribution is 2.22. The van der Waals surface area contributed by atoms with Crippen LogP contribution in [0.1, 0.15) is 23.2 Å². The second-order valence-electron chi connectivity index (χ2n) is 9.62. The fourth-order valence-corrected chi connectivity index (χ4v) is 4.45. The maximum atomic E-state index is 12.0. The molecule has 4 aromatic rings. The molecule has 1 heterocycles. The third-order valence-electron chi connectivity index (χ3n) is 6.19. The Morgan fingerprint density at radius 1 is 0.800 bits per heavy atom. The van der Waals surface area contributed by atoms with E-state index in [1.807, 2.05) is 30.3 Å². The van der Waals surface area contributed by atoms with E-state index in [1.165, 1.54) is 4.72 Å². The molecule has 0 aliphatic carbocycles. The Balaban J connectivity index is 1.23. The third kappa shape index (κ3) is 10.0. The molecule has 1 unspecified atom stereocenters. The number of benzene rings is 3. The maximum Gasteiger partial charge on any atom is 0.423 e.